The molecular formula is C21H27N3OS. The second-order valence-electron chi connectivity index (χ2n) is 7.56. The van der Waals surface area contributed by atoms with Gasteiger partial charge in [0, 0.05) is 17.8 Å². The first kappa shape index (κ1) is 18.6. The fraction of sp³-hybridized carbons (Fsp3) is 0.429. The number of nitrogens with zero attached hydrogens (tertiary/aromatic N) is 2. The van der Waals surface area contributed by atoms with E-state index >= 15 is 0 Å². The number of nitrogens with one attached hydrogen (secondary N) is 1. The van der Waals surface area contributed by atoms with Crippen LogP contribution in [-0.4, -0.2) is 24.2 Å². The van der Waals surface area contributed by atoms with Crippen molar-refractivity contribution in [2.45, 2.75) is 52.0 Å². The highest BCUT2D eigenvalue weighted by Gasteiger charge is 2.35. The van der Waals surface area contributed by atoms with Gasteiger partial charge in [0.25, 0.3) is 5.91 Å². The number of amides is 1. The van der Waals surface area contributed by atoms with E-state index in [1.807, 2.05) is 11.4 Å². The van der Waals surface area contributed by atoms with Crippen LogP contribution in [0.3, 0.4) is 0 Å². The Hall–Kier alpha value is -2.14. The number of fused-ring (bicyclic) bond motifs is 1. The van der Waals surface area contributed by atoms with Crippen LogP contribution in [-0.2, 0) is 0 Å². The van der Waals surface area contributed by atoms with E-state index in [-0.39, 0.29) is 11.4 Å². The molecule has 0 fully saturated rings. The van der Waals surface area contributed by atoms with Crippen molar-refractivity contribution in [2.75, 3.05) is 11.4 Å². The highest BCUT2D eigenvalue weighted by atomic mass is 32.1. The molecule has 1 aliphatic heterocycles. The van der Waals surface area contributed by atoms with Crippen LogP contribution in [0.5, 0.6) is 0 Å². The van der Waals surface area contributed by atoms with Crippen LogP contribution in [0.25, 0.3) is 0 Å². The molecule has 3 rings (SSSR count). The van der Waals surface area contributed by atoms with Crippen LogP contribution in [0.4, 0.5) is 5.69 Å². The van der Waals surface area contributed by atoms with E-state index in [4.69, 9.17) is 0 Å². The minimum Gasteiger partial charge on any atom is -0.366 e. The zero-order valence-electron chi connectivity index (χ0n) is 16.0. The van der Waals surface area contributed by atoms with E-state index < -0.39 is 0 Å². The van der Waals surface area contributed by atoms with Crippen molar-refractivity contribution in [1.82, 2.24) is 5.43 Å². The van der Waals surface area contributed by atoms with E-state index in [0.29, 0.717) is 10.8 Å². The summed E-state index contributed by atoms with van der Waals surface area (Å²) in [7, 11) is 0. The van der Waals surface area contributed by atoms with Crippen molar-refractivity contribution in [2.24, 2.45) is 5.10 Å². The van der Waals surface area contributed by atoms with Crippen LogP contribution in [0.2, 0.25) is 0 Å². The number of anilines is 1. The summed E-state index contributed by atoms with van der Waals surface area (Å²) < 4.78 is 0. The maximum atomic E-state index is 11.9. The molecule has 4 nitrogen and oxygen atoms in total. The molecule has 1 aromatic heterocycles. The summed E-state index contributed by atoms with van der Waals surface area (Å²) in [5.41, 5.74) is 6.48. The van der Waals surface area contributed by atoms with Gasteiger partial charge in [-0.1, -0.05) is 26.0 Å². The number of rotatable bonds is 5. The summed E-state index contributed by atoms with van der Waals surface area (Å²) in [6.45, 7) is 10.3. The third-order valence-corrected chi connectivity index (χ3v) is 5.85. The molecule has 0 radical (unpaired) electrons. The minimum atomic E-state index is -0.168. The number of carbonyl (C=O) groups is 1. The van der Waals surface area contributed by atoms with Gasteiger partial charge >= 0.3 is 0 Å². The number of hydrogen-bond donors (Lipinski definition) is 1. The number of hydrogen-bond acceptors (Lipinski definition) is 4. The Kier molecular flexibility index (Phi) is 5.47. The lowest BCUT2D eigenvalue weighted by Crippen LogP contribution is -2.48. The molecule has 26 heavy (non-hydrogen) atoms. The van der Waals surface area contributed by atoms with Crippen molar-refractivity contribution in [3.63, 3.8) is 0 Å². The molecule has 5 heteroatoms. The smallest absolute Gasteiger partial charge is 0.281 e. The van der Waals surface area contributed by atoms with E-state index in [2.05, 4.69) is 61.3 Å². The first-order chi connectivity index (χ1) is 12.4. The van der Waals surface area contributed by atoms with E-state index in [1.54, 1.807) is 12.3 Å². The molecule has 1 amide bonds. The topological polar surface area (TPSA) is 44.7 Å². The molecule has 1 N–H and O–H groups in total. The fourth-order valence-corrected chi connectivity index (χ4v) is 4.48. The Bertz CT molecular complexity index is 796. The average Bonchev–Trinajstić information content (AvgIpc) is 3.13. The van der Waals surface area contributed by atoms with Gasteiger partial charge in [0.05, 0.1) is 11.1 Å². The number of benzene rings is 1. The molecule has 0 aliphatic carbocycles. The Morgan fingerprint density at radius 3 is 2.92 bits per heavy atom. The Labute approximate surface area is 159 Å². The standard InChI is InChI=1S/C21H27N3OS/c1-5-10-24-18-9-8-16(12-17(18)15(2)13-21(24,3)4)14-22-23-20(25)19-7-6-11-26-19/h6-9,11-12,14-15H,5,10,13H2,1-4H3,(H,23,25)/b22-14+. The van der Waals surface area contributed by atoms with Gasteiger partial charge in [0.2, 0.25) is 0 Å². The number of carbonyl (C=O) groups excluding carboxylic acids is 1. The van der Waals surface area contributed by atoms with Crippen molar-refractivity contribution in [3.05, 3.63) is 51.7 Å². The SMILES string of the molecule is CCCN1c2ccc(/C=N/NC(=O)c3cccs3)cc2C(C)CC1(C)C. The molecule has 2 aromatic rings. The summed E-state index contributed by atoms with van der Waals surface area (Å²) in [5, 5.41) is 6.01. The molecular weight excluding hydrogens is 342 g/mol. The van der Waals surface area contributed by atoms with Crippen LogP contribution >= 0.6 is 11.3 Å². The molecule has 138 valence electrons. The summed E-state index contributed by atoms with van der Waals surface area (Å²) >= 11 is 1.41. The summed E-state index contributed by atoms with van der Waals surface area (Å²) in [4.78, 5) is 15.1. The van der Waals surface area contributed by atoms with Crippen LogP contribution in [0.15, 0.2) is 40.8 Å². The van der Waals surface area contributed by atoms with E-state index in [1.165, 1.54) is 22.6 Å². The number of hydrazone groups is 1. The Morgan fingerprint density at radius 1 is 1.42 bits per heavy atom. The Morgan fingerprint density at radius 2 is 2.23 bits per heavy atom. The summed E-state index contributed by atoms with van der Waals surface area (Å²) in [5.74, 6) is 0.334. The van der Waals surface area contributed by atoms with Crippen molar-refractivity contribution < 1.29 is 4.79 Å². The second kappa shape index (κ2) is 7.62. The number of thiophene rings is 1. The van der Waals surface area contributed by atoms with Gasteiger partial charge in [-0.15, -0.1) is 11.3 Å². The van der Waals surface area contributed by atoms with E-state index in [0.717, 1.165) is 24.9 Å². The van der Waals surface area contributed by atoms with Gasteiger partial charge in [-0.05, 0) is 67.3 Å². The zero-order chi connectivity index (χ0) is 18.7. The highest BCUT2D eigenvalue weighted by molar-refractivity contribution is 7.12. The van der Waals surface area contributed by atoms with Gasteiger partial charge in [-0.25, -0.2) is 5.43 Å². The Balaban J connectivity index is 1.78. The van der Waals surface area contributed by atoms with Crippen LogP contribution in [0, 0.1) is 0 Å². The second-order valence-corrected chi connectivity index (χ2v) is 8.51. The predicted octanol–water partition coefficient (Wildman–Crippen LogP) is 5.01. The molecule has 0 saturated heterocycles. The zero-order valence-corrected chi connectivity index (χ0v) is 16.8. The lowest BCUT2D eigenvalue weighted by atomic mass is 9.79. The lowest BCUT2D eigenvalue weighted by molar-refractivity contribution is 0.0959. The average molecular weight is 370 g/mol. The quantitative estimate of drug-likeness (QED) is 0.594. The first-order valence-corrected chi connectivity index (χ1v) is 10.1. The fourth-order valence-electron chi connectivity index (χ4n) is 3.86. The first-order valence-electron chi connectivity index (χ1n) is 9.21. The molecule has 0 saturated carbocycles. The molecule has 1 unspecified atom stereocenters. The van der Waals surface area contributed by atoms with Crippen LogP contribution in [0.1, 0.15) is 67.3 Å². The molecule has 2 heterocycles. The van der Waals surface area contributed by atoms with Gasteiger partial charge < -0.3 is 4.90 Å². The molecule has 1 aromatic carbocycles. The maximum Gasteiger partial charge on any atom is 0.281 e. The monoisotopic (exact) mass is 369 g/mol. The van der Waals surface area contributed by atoms with Gasteiger partial charge in [-0.2, -0.15) is 5.10 Å². The normalized spacial score (nSPS) is 18.8. The third-order valence-electron chi connectivity index (χ3n) is 4.98. The highest BCUT2D eigenvalue weighted by Crippen LogP contribution is 2.43. The van der Waals surface area contributed by atoms with Crippen LogP contribution < -0.4 is 10.3 Å². The van der Waals surface area contributed by atoms with E-state index in [9.17, 15) is 4.79 Å². The summed E-state index contributed by atoms with van der Waals surface area (Å²) in [6.07, 6.45) is 3.99. The molecule has 0 bridgehead atoms. The summed E-state index contributed by atoms with van der Waals surface area (Å²) in [6, 6.07) is 10.1. The minimum absolute atomic E-state index is 0.168. The molecule has 0 spiro atoms. The lowest BCUT2D eigenvalue weighted by Gasteiger charge is -2.47. The molecule has 1 atom stereocenters. The largest absolute Gasteiger partial charge is 0.366 e. The van der Waals surface area contributed by atoms with Gasteiger partial charge in [0.15, 0.2) is 0 Å². The van der Waals surface area contributed by atoms with Crippen molar-refractivity contribution in [1.29, 1.82) is 0 Å². The third kappa shape index (κ3) is 3.83. The van der Waals surface area contributed by atoms with Crippen molar-refractivity contribution >= 4 is 29.1 Å². The molecule has 1 aliphatic rings. The van der Waals surface area contributed by atoms with Gasteiger partial charge in [0.1, 0.15) is 0 Å². The van der Waals surface area contributed by atoms with Crippen molar-refractivity contribution in [3.8, 4) is 0 Å². The predicted molar refractivity (Wildman–Crippen MR) is 111 cm³/mol. The van der Waals surface area contributed by atoms with Gasteiger partial charge in [-0.3, -0.25) is 4.79 Å². The maximum absolute atomic E-state index is 11.9.